The Morgan fingerprint density at radius 2 is 1.69 bits per heavy atom. The largest absolute Gasteiger partial charge is 0.381 e. The van der Waals surface area contributed by atoms with Gasteiger partial charge in [-0.25, -0.2) is 0 Å². The van der Waals surface area contributed by atoms with Crippen LogP contribution in [0.25, 0.3) is 0 Å². The van der Waals surface area contributed by atoms with Crippen LogP contribution in [0.15, 0.2) is 29.2 Å². The van der Waals surface area contributed by atoms with Crippen LogP contribution in [0.4, 0.5) is 0 Å². The van der Waals surface area contributed by atoms with Gasteiger partial charge in [-0.05, 0) is 36.5 Å². The summed E-state index contributed by atoms with van der Waals surface area (Å²) in [5, 5.41) is 0. The first-order valence-corrected chi connectivity index (χ1v) is 5.17. The summed E-state index contributed by atoms with van der Waals surface area (Å²) >= 11 is 4.27. The van der Waals surface area contributed by atoms with E-state index < -0.39 is 0 Å². The number of hydrogen-bond donors (Lipinski definition) is 1. The molecule has 0 aromatic heterocycles. The fourth-order valence-electron chi connectivity index (χ4n) is 1.78. The zero-order valence-corrected chi connectivity index (χ0v) is 8.47. The Bertz CT molecular complexity index is 262. The van der Waals surface area contributed by atoms with Crippen LogP contribution in [-0.2, 0) is 4.74 Å². The van der Waals surface area contributed by atoms with E-state index in [1.165, 1.54) is 5.56 Å². The van der Waals surface area contributed by atoms with Gasteiger partial charge in [-0.2, -0.15) is 0 Å². The first-order chi connectivity index (χ1) is 6.36. The molecule has 0 saturated carbocycles. The molecule has 0 radical (unpaired) electrons. The van der Waals surface area contributed by atoms with Gasteiger partial charge in [-0.3, -0.25) is 0 Å². The summed E-state index contributed by atoms with van der Waals surface area (Å²) in [6, 6.07) is 8.48. The topological polar surface area (TPSA) is 9.23 Å². The van der Waals surface area contributed by atoms with Gasteiger partial charge in [0, 0.05) is 18.1 Å². The Kier molecular flexibility index (Phi) is 2.91. The van der Waals surface area contributed by atoms with Crippen LogP contribution in [0, 0.1) is 0 Å². The molecule has 1 aromatic carbocycles. The molecule has 0 N–H and O–H groups in total. The lowest BCUT2D eigenvalue weighted by molar-refractivity contribution is 0.0853. The predicted octanol–water partition coefficient (Wildman–Crippen LogP) is 2.87. The molecule has 1 aliphatic rings. The lowest BCUT2D eigenvalue weighted by Crippen LogP contribution is -2.13. The Labute approximate surface area is 84.5 Å². The molecule has 1 aliphatic heterocycles. The van der Waals surface area contributed by atoms with Crippen LogP contribution in [0.3, 0.4) is 0 Å². The van der Waals surface area contributed by atoms with E-state index in [1.807, 2.05) is 0 Å². The third kappa shape index (κ3) is 2.26. The maximum atomic E-state index is 5.33. The van der Waals surface area contributed by atoms with Crippen molar-refractivity contribution in [3.05, 3.63) is 29.8 Å². The summed E-state index contributed by atoms with van der Waals surface area (Å²) in [4.78, 5) is 1.04. The van der Waals surface area contributed by atoms with Gasteiger partial charge in [0.2, 0.25) is 0 Å². The van der Waals surface area contributed by atoms with Crippen LogP contribution in [0.2, 0.25) is 0 Å². The maximum absolute atomic E-state index is 5.33. The molecule has 0 aliphatic carbocycles. The molecule has 13 heavy (non-hydrogen) atoms. The summed E-state index contributed by atoms with van der Waals surface area (Å²) in [5.74, 6) is 0.697. The first-order valence-electron chi connectivity index (χ1n) is 4.73. The molecule has 1 nitrogen and oxygen atoms in total. The van der Waals surface area contributed by atoms with Crippen molar-refractivity contribution in [2.45, 2.75) is 23.7 Å². The van der Waals surface area contributed by atoms with Crippen molar-refractivity contribution in [1.29, 1.82) is 0 Å². The summed E-state index contributed by atoms with van der Waals surface area (Å²) in [6.07, 6.45) is 2.32. The Balaban J connectivity index is 2.10. The van der Waals surface area contributed by atoms with Crippen molar-refractivity contribution in [2.24, 2.45) is 0 Å². The highest BCUT2D eigenvalue weighted by Crippen LogP contribution is 2.27. The van der Waals surface area contributed by atoms with Gasteiger partial charge in [0.1, 0.15) is 0 Å². The minimum Gasteiger partial charge on any atom is -0.381 e. The second-order valence-electron chi connectivity index (χ2n) is 3.48. The van der Waals surface area contributed by atoms with Crippen molar-refractivity contribution < 1.29 is 4.74 Å². The van der Waals surface area contributed by atoms with Crippen LogP contribution in [0.5, 0.6) is 0 Å². The average molecular weight is 194 g/mol. The zero-order chi connectivity index (χ0) is 9.10. The average Bonchev–Trinajstić information content (AvgIpc) is 2.20. The minimum atomic E-state index is 0.697. The van der Waals surface area contributed by atoms with E-state index in [0.717, 1.165) is 31.0 Å². The summed E-state index contributed by atoms with van der Waals surface area (Å²) in [6.45, 7) is 1.82. The van der Waals surface area contributed by atoms with E-state index in [9.17, 15) is 0 Å². The van der Waals surface area contributed by atoms with Crippen LogP contribution < -0.4 is 0 Å². The molecule has 1 aromatic rings. The number of ether oxygens (including phenoxy) is 1. The van der Waals surface area contributed by atoms with Crippen LogP contribution in [0.1, 0.15) is 24.3 Å². The van der Waals surface area contributed by atoms with Crippen molar-refractivity contribution in [1.82, 2.24) is 0 Å². The molecular formula is C11H14OS. The van der Waals surface area contributed by atoms with Gasteiger partial charge in [0.15, 0.2) is 0 Å². The fraction of sp³-hybridized carbons (Fsp3) is 0.455. The van der Waals surface area contributed by atoms with Gasteiger partial charge < -0.3 is 4.74 Å². The minimum absolute atomic E-state index is 0.697. The smallest absolute Gasteiger partial charge is 0.0471 e. The Morgan fingerprint density at radius 1 is 1.08 bits per heavy atom. The fourth-order valence-corrected chi connectivity index (χ4v) is 1.93. The van der Waals surface area contributed by atoms with Crippen LogP contribution in [-0.4, -0.2) is 13.2 Å². The second-order valence-corrected chi connectivity index (χ2v) is 3.99. The summed E-state index contributed by atoms with van der Waals surface area (Å²) < 4.78 is 5.33. The number of benzene rings is 1. The molecule has 0 bridgehead atoms. The van der Waals surface area contributed by atoms with Gasteiger partial charge in [-0.1, -0.05) is 12.1 Å². The summed E-state index contributed by atoms with van der Waals surface area (Å²) in [5.41, 5.74) is 1.43. The highest BCUT2D eigenvalue weighted by molar-refractivity contribution is 7.80. The third-order valence-corrected chi connectivity index (χ3v) is 2.88. The van der Waals surface area contributed by atoms with Gasteiger partial charge in [-0.15, -0.1) is 12.6 Å². The molecular weight excluding hydrogens is 180 g/mol. The molecule has 0 amide bonds. The zero-order valence-electron chi connectivity index (χ0n) is 7.57. The van der Waals surface area contributed by atoms with Crippen molar-refractivity contribution >= 4 is 12.6 Å². The maximum Gasteiger partial charge on any atom is 0.0471 e. The lowest BCUT2D eigenvalue weighted by Gasteiger charge is -2.22. The van der Waals surface area contributed by atoms with E-state index in [2.05, 4.69) is 36.9 Å². The quantitative estimate of drug-likeness (QED) is 0.676. The first kappa shape index (κ1) is 9.10. The van der Waals surface area contributed by atoms with E-state index in [1.54, 1.807) is 0 Å². The molecule has 2 rings (SSSR count). The molecule has 1 saturated heterocycles. The summed E-state index contributed by atoms with van der Waals surface area (Å²) in [7, 11) is 0. The van der Waals surface area contributed by atoms with E-state index in [4.69, 9.17) is 4.74 Å². The Morgan fingerprint density at radius 3 is 2.31 bits per heavy atom. The van der Waals surface area contributed by atoms with Crippen molar-refractivity contribution in [3.8, 4) is 0 Å². The molecule has 2 heteroatoms. The normalized spacial score (nSPS) is 18.8. The molecule has 70 valence electrons. The van der Waals surface area contributed by atoms with Crippen molar-refractivity contribution in [3.63, 3.8) is 0 Å². The molecule has 0 atom stereocenters. The van der Waals surface area contributed by atoms with E-state index >= 15 is 0 Å². The highest BCUT2D eigenvalue weighted by Gasteiger charge is 2.14. The number of hydrogen-bond acceptors (Lipinski definition) is 2. The lowest BCUT2D eigenvalue weighted by atomic mass is 9.92. The molecule has 0 spiro atoms. The van der Waals surface area contributed by atoms with Gasteiger partial charge >= 0.3 is 0 Å². The molecule has 1 heterocycles. The van der Waals surface area contributed by atoms with Crippen LogP contribution >= 0.6 is 12.6 Å². The standard InChI is InChI=1S/C11H14OS/c13-11-3-1-9(2-4-11)10-5-7-12-8-6-10/h1-4,10,13H,5-8H2. The Hall–Kier alpha value is -0.470. The molecule has 1 fully saturated rings. The second kappa shape index (κ2) is 4.16. The predicted molar refractivity (Wildman–Crippen MR) is 56.5 cm³/mol. The van der Waals surface area contributed by atoms with E-state index in [0.29, 0.717) is 5.92 Å². The number of rotatable bonds is 1. The number of thiol groups is 1. The van der Waals surface area contributed by atoms with Crippen molar-refractivity contribution in [2.75, 3.05) is 13.2 Å². The third-order valence-electron chi connectivity index (χ3n) is 2.59. The molecule has 0 unspecified atom stereocenters. The van der Waals surface area contributed by atoms with Gasteiger partial charge in [0.25, 0.3) is 0 Å². The van der Waals surface area contributed by atoms with E-state index in [-0.39, 0.29) is 0 Å². The highest BCUT2D eigenvalue weighted by atomic mass is 32.1. The van der Waals surface area contributed by atoms with Gasteiger partial charge in [0.05, 0.1) is 0 Å². The SMILES string of the molecule is Sc1ccc(C2CCOCC2)cc1. The monoisotopic (exact) mass is 194 g/mol.